The average molecular weight is 343 g/mol. The molecule has 0 amide bonds. The highest BCUT2D eigenvalue weighted by molar-refractivity contribution is 9.10. The third-order valence-electron chi connectivity index (χ3n) is 2.54. The molecule has 0 atom stereocenters. The summed E-state index contributed by atoms with van der Waals surface area (Å²) >= 11 is 9.30. The number of halogens is 2. The molecular formula is C13H13BrClN3O. The van der Waals surface area contributed by atoms with E-state index in [1.54, 1.807) is 18.2 Å². The van der Waals surface area contributed by atoms with E-state index >= 15 is 0 Å². The molecule has 0 spiro atoms. The molecule has 1 aromatic carbocycles. The van der Waals surface area contributed by atoms with Gasteiger partial charge in [-0.1, -0.05) is 24.9 Å². The van der Waals surface area contributed by atoms with Gasteiger partial charge in [0.05, 0.1) is 10.0 Å². The van der Waals surface area contributed by atoms with E-state index in [1.165, 1.54) is 6.33 Å². The lowest BCUT2D eigenvalue weighted by Gasteiger charge is -2.11. The summed E-state index contributed by atoms with van der Waals surface area (Å²) in [6.45, 7) is 2.06. The molecule has 0 radical (unpaired) electrons. The number of benzene rings is 1. The molecule has 0 aliphatic heterocycles. The first kappa shape index (κ1) is 14.1. The molecular weight excluding hydrogens is 330 g/mol. The Morgan fingerprint density at radius 3 is 2.84 bits per heavy atom. The van der Waals surface area contributed by atoms with E-state index in [9.17, 15) is 0 Å². The van der Waals surface area contributed by atoms with Crippen LogP contribution in [-0.2, 0) is 6.42 Å². The van der Waals surface area contributed by atoms with Crippen molar-refractivity contribution in [1.82, 2.24) is 9.97 Å². The van der Waals surface area contributed by atoms with Crippen molar-refractivity contribution in [3.8, 4) is 11.6 Å². The molecule has 19 heavy (non-hydrogen) atoms. The quantitative estimate of drug-likeness (QED) is 0.903. The highest BCUT2D eigenvalue weighted by Crippen LogP contribution is 2.33. The van der Waals surface area contributed by atoms with Gasteiger partial charge < -0.3 is 10.5 Å². The third kappa shape index (κ3) is 3.36. The van der Waals surface area contributed by atoms with Crippen molar-refractivity contribution in [2.75, 3.05) is 5.73 Å². The number of nitrogens with zero attached hydrogens (tertiary/aromatic N) is 2. The predicted molar refractivity (Wildman–Crippen MR) is 79.7 cm³/mol. The van der Waals surface area contributed by atoms with Crippen molar-refractivity contribution >= 4 is 33.3 Å². The summed E-state index contributed by atoms with van der Waals surface area (Å²) in [6.07, 6.45) is 3.11. The van der Waals surface area contributed by atoms with Crippen molar-refractivity contribution in [3.05, 3.63) is 39.6 Å². The van der Waals surface area contributed by atoms with Gasteiger partial charge >= 0.3 is 0 Å². The van der Waals surface area contributed by atoms with Crippen LogP contribution in [0.4, 0.5) is 5.82 Å². The largest absolute Gasteiger partial charge is 0.437 e. The molecule has 0 unspecified atom stereocenters. The maximum atomic E-state index is 5.89. The second-order valence-electron chi connectivity index (χ2n) is 3.97. The Bertz CT molecular complexity index is 592. The van der Waals surface area contributed by atoms with Crippen LogP contribution >= 0.6 is 27.5 Å². The fourth-order valence-electron chi connectivity index (χ4n) is 1.64. The van der Waals surface area contributed by atoms with Crippen molar-refractivity contribution in [2.45, 2.75) is 19.8 Å². The van der Waals surface area contributed by atoms with Crippen molar-refractivity contribution < 1.29 is 4.74 Å². The van der Waals surface area contributed by atoms with Gasteiger partial charge in [-0.05, 0) is 40.5 Å². The number of rotatable bonds is 4. The highest BCUT2D eigenvalue weighted by atomic mass is 79.9. The molecule has 0 saturated heterocycles. The SMILES string of the molecule is CCCc1c(N)ncnc1Oc1ccc(Cl)cc1Br. The van der Waals surface area contributed by atoms with E-state index in [-0.39, 0.29) is 0 Å². The number of ether oxygens (including phenoxy) is 1. The van der Waals surface area contributed by atoms with Crippen molar-refractivity contribution in [2.24, 2.45) is 0 Å². The summed E-state index contributed by atoms with van der Waals surface area (Å²) in [5.74, 6) is 1.58. The zero-order valence-corrected chi connectivity index (χ0v) is 12.7. The Balaban J connectivity index is 2.35. The summed E-state index contributed by atoms with van der Waals surface area (Å²) in [6, 6.07) is 5.30. The van der Waals surface area contributed by atoms with Gasteiger partial charge in [-0.3, -0.25) is 0 Å². The van der Waals surface area contributed by atoms with Crippen LogP contribution in [0.25, 0.3) is 0 Å². The molecule has 100 valence electrons. The fraction of sp³-hybridized carbons (Fsp3) is 0.231. The molecule has 6 heteroatoms. The lowest BCUT2D eigenvalue weighted by atomic mass is 10.2. The van der Waals surface area contributed by atoms with E-state index in [0.29, 0.717) is 22.5 Å². The van der Waals surface area contributed by atoms with Gasteiger partial charge in [-0.25, -0.2) is 9.97 Å². The van der Waals surface area contributed by atoms with Crippen LogP contribution in [0, 0.1) is 0 Å². The number of hydrogen-bond acceptors (Lipinski definition) is 4. The van der Waals surface area contributed by atoms with Crippen LogP contribution in [0.15, 0.2) is 29.0 Å². The van der Waals surface area contributed by atoms with E-state index in [4.69, 9.17) is 22.1 Å². The Kier molecular flexibility index (Phi) is 4.61. The zero-order chi connectivity index (χ0) is 13.8. The molecule has 1 aromatic heterocycles. The Morgan fingerprint density at radius 2 is 2.16 bits per heavy atom. The smallest absolute Gasteiger partial charge is 0.227 e. The number of nitrogen functional groups attached to an aromatic ring is 1. The van der Waals surface area contributed by atoms with Gasteiger partial charge in [0.25, 0.3) is 0 Å². The number of anilines is 1. The summed E-state index contributed by atoms with van der Waals surface area (Å²) < 4.78 is 6.56. The minimum atomic E-state index is 0.455. The number of nitrogens with two attached hydrogens (primary N) is 1. The molecule has 0 fully saturated rings. The van der Waals surface area contributed by atoms with E-state index in [0.717, 1.165) is 22.9 Å². The lowest BCUT2D eigenvalue weighted by molar-refractivity contribution is 0.452. The zero-order valence-electron chi connectivity index (χ0n) is 10.4. The van der Waals surface area contributed by atoms with Crippen LogP contribution in [0.5, 0.6) is 11.6 Å². The topological polar surface area (TPSA) is 61.0 Å². The van der Waals surface area contributed by atoms with Crippen LogP contribution in [-0.4, -0.2) is 9.97 Å². The normalized spacial score (nSPS) is 10.5. The van der Waals surface area contributed by atoms with Gasteiger partial charge in [-0.2, -0.15) is 0 Å². The van der Waals surface area contributed by atoms with Crippen LogP contribution in [0.2, 0.25) is 5.02 Å². The summed E-state index contributed by atoms with van der Waals surface area (Å²) in [4.78, 5) is 8.14. The standard InChI is InChI=1S/C13H13BrClN3O/c1-2-3-9-12(16)17-7-18-13(9)19-11-5-4-8(15)6-10(11)14/h4-7H,2-3H2,1H3,(H2,16,17,18). The second-order valence-corrected chi connectivity index (χ2v) is 5.26. The fourth-order valence-corrected chi connectivity index (χ4v) is 2.41. The summed E-state index contributed by atoms with van der Waals surface area (Å²) in [5, 5.41) is 0.634. The average Bonchev–Trinajstić information content (AvgIpc) is 2.37. The number of aromatic nitrogens is 2. The highest BCUT2D eigenvalue weighted by Gasteiger charge is 2.12. The molecule has 4 nitrogen and oxygen atoms in total. The Labute approximate surface area is 125 Å². The first-order valence-corrected chi connectivity index (χ1v) is 7.01. The first-order valence-electron chi connectivity index (χ1n) is 5.84. The first-order chi connectivity index (χ1) is 9.11. The monoisotopic (exact) mass is 341 g/mol. The predicted octanol–water partition coefficient (Wildman–Crippen LogP) is 4.22. The molecule has 2 aromatic rings. The van der Waals surface area contributed by atoms with Crippen LogP contribution in [0.1, 0.15) is 18.9 Å². The summed E-state index contributed by atoms with van der Waals surface area (Å²) in [5.41, 5.74) is 6.69. The van der Waals surface area contributed by atoms with Crippen molar-refractivity contribution in [1.29, 1.82) is 0 Å². The Hall–Kier alpha value is -1.33. The second kappa shape index (κ2) is 6.21. The lowest BCUT2D eigenvalue weighted by Crippen LogP contribution is -2.02. The molecule has 0 bridgehead atoms. The minimum absolute atomic E-state index is 0.455. The summed E-state index contributed by atoms with van der Waals surface area (Å²) in [7, 11) is 0. The van der Waals surface area contributed by atoms with Crippen LogP contribution < -0.4 is 10.5 Å². The van der Waals surface area contributed by atoms with Gasteiger partial charge in [0, 0.05) is 5.02 Å². The molecule has 0 aliphatic carbocycles. The van der Waals surface area contributed by atoms with Gasteiger partial charge in [0.2, 0.25) is 5.88 Å². The molecule has 0 saturated carbocycles. The minimum Gasteiger partial charge on any atom is -0.437 e. The molecule has 1 heterocycles. The molecule has 2 rings (SSSR count). The van der Waals surface area contributed by atoms with Crippen molar-refractivity contribution in [3.63, 3.8) is 0 Å². The van der Waals surface area contributed by atoms with Crippen LogP contribution in [0.3, 0.4) is 0 Å². The van der Waals surface area contributed by atoms with Gasteiger partial charge in [0.1, 0.15) is 17.9 Å². The molecule has 0 aliphatic rings. The van der Waals surface area contributed by atoms with Gasteiger partial charge in [-0.15, -0.1) is 0 Å². The van der Waals surface area contributed by atoms with E-state index in [2.05, 4.69) is 32.8 Å². The maximum absolute atomic E-state index is 5.89. The molecule has 2 N–H and O–H groups in total. The maximum Gasteiger partial charge on any atom is 0.227 e. The number of hydrogen-bond donors (Lipinski definition) is 1. The van der Waals surface area contributed by atoms with Gasteiger partial charge in [0.15, 0.2) is 0 Å². The Morgan fingerprint density at radius 1 is 1.37 bits per heavy atom. The third-order valence-corrected chi connectivity index (χ3v) is 3.39. The van der Waals surface area contributed by atoms with E-state index in [1.807, 2.05) is 0 Å². The van der Waals surface area contributed by atoms with E-state index < -0.39 is 0 Å².